The van der Waals surface area contributed by atoms with Crippen LogP contribution >= 0.6 is 0 Å². The van der Waals surface area contributed by atoms with Crippen LogP contribution in [0.2, 0.25) is 0 Å². The highest BCUT2D eigenvalue weighted by Crippen LogP contribution is 2.64. The van der Waals surface area contributed by atoms with Crippen LogP contribution in [0.15, 0.2) is 0 Å². The Bertz CT molecular complexity index is 852. The van der Waals surface area contributed by atoms with Crippen molar-refractivity contribution in [2.24, 2.45) is 0 Å². The van der Waals surface area contributed by atoms with Gasteiger partial charge < -0.3 is 4.74 Å². The van der Waals surface area contributed by atoms with Gasteiger partial charge in [0.1, 0.15) is 0 Å². The molecule has 0 aliphatic heterocycles. The summed E-state index contributed by atoms with van der Waals surface area (Å²) in [6, 6.07) is 0. The molecule has 212 valence electrons. The molecule has 0 heterocycles. The molecule has 0 atom stereocenters. The molecule has 0 aromatic carbocycles. The molecule has 0 aromatic rings. The molecule has 0 spiro atoms. The largest absolute Gasteiger partial charge is 0.460 e. The molecular weight excluding hydrogens is 573 g/mol. The Balaban J connectivity index is 6.96. The van der Waals surface area contributed by atoms with E-state index >= 15 is 0 Å². The number of nitrogens with zero attached hydrogens (tertiary/aromatic N) is 1. The summed E-state index contributed by atoms with van der Waals surface area (Å²) in [6.45, 7) is -3.01. The van der Waals surface area contributed by atoms with Crippen molar-refractivity contribution >= 4 is 10.0 Å². The Morgan fingerprint density at radius 3 is 1.20 bits per heavy atom. The number of ether oxygens (including phenoxy) is 1. The number of alkyl halides is 17. The fraction of sp³-hybridized carbons (Fsp3) is 1.00. The predicted molar refractivity (Wildman–Crippen MR) is 78.7 cm³/mol. The van der Waals surface area contributed by atoms with Gasteiger partial charge in [0.2, 0.25) is 0 Å². The van der Waals surface area contributed by atoms with Gasteiger partial charge in [-0.15, -0.1) is 0 Å². The van der Waals surface area contributed by atoms with Crippen LogP contribution in [0.25, 0.3) is 0 Å². The first-order chi connectivity index (χ1) is 15.0. The average molecular weight is 585 g/mol. The van der Waals surface area contributed by atoms with Crippen LogP contribution in [0.4, 0.5) is 74.6 Å². The van der Waals surface area contributed by atoms with Crippen molar-refractivity contribution in [3.63, 3.8) is 0 Å². The minimum absolute atomic E-state index is 0.585. The summed E-state index contributed by atoms with van der Waals surface area (Å²) < 4.78 is 251. The van der Waals surface area contributed by atoms with E-state index in [1.165, 1.54) is 0 Å². The maximum Gasteiger partial charge on any atom is 0.460 e. The van der Waals surface area contributed by atoms with Crippen LogP contribution in [-0.4, -0.2) is 86.5 Å². The number of likely N-dealkylation sites (N-methyl/N-ethyl adjacent to an activating group) is 1. The molecule has 0 aromatic heterocycles. The summed E-state index contributed by atoms with van der Waals surface area (Å²) >= 11 is 0. The summed E-state index contributed by atoms with van der Waals surface area (Å²) in [5.74, 6) is -51.6. The fourth-order valence-corrected chi connectivity index (χ4v) is 3.55. The molecule has 0 radical (unpaired) electrons. The second kappa shape index (κ2) is 9.21. The monoisotopic (exact) mass is 585 g/mol. The molecule has 0 saturated heterocycles. The van der Waals surface area contributed by atoms with Crippen molar-refractivity contribution in [2.75, 3.05) is 26.8 Å². The second-order valence-corrected chi connectivity index (χ2v) is 8.43. The minimum Gasteiger partial charge on any atom is -0.383 e. The zero-order valence-electron chi connectivity index (χ0n) is 16.6. The first-order valence-corrected chi connectivity index (χ1v) is 9.66. The molecule has 0 rings (SSSR count). The Labute approximate surface area is 184 Å². The molecule has 0 N–H and O–H groups in total. The molecular formula is C13H12F17NO3S. The molecule has 0 amide bonds. The van der Waals surface area contributed by atoms with E-state index in [1.807, 2.05) is 0 Å². The average Bonchev–Trinajstić information content (AvgIpc) is 2.66. The molecule has 0 aliphatic carbocycles. The topological polar surface area (TPSA) is 46.6 Å². The molecule has 0 unspecified atom stereocenters. The zero-order chi connectivity index (χ0) is 28.9. The Kier molecular flexibility index (Phi) is 8.86. The zero-order valence-corrected chi connectivity index (χ0v) is 17.4. The van der Waals surface area contributed by atoms with Crippen LogP contribution in [0.5, 0.6) is 0 Å². The lowest BCUT2D eigenvalue weighted by atomic mass is 9.91. The van der Waals surface area contributed by atoms with Crippen molar-refractivity contribution in [3.8, 4) is 0 Å². The van der Waals surface area contributed by atoms with Crippen molar-refractivity contribution in [2.45, 2.75) is 53.9 Å². The summed E-state index contributed by atoms with van der Waals surface area (Å²) in [5.41, 5.74) is 0. The SMILES string of the molecule is CCN(CCOC)S(=O)(=O)C(F)(F)C(F)(F)C(F)(F)C(F)(F)C(F)(F)C(F)(F)C(F)(F)C(F)(F)F. The van der Waals surface area contributed by atoms with Crippen molar-refractivity contribution in [3.05, 3.63) is 0 Å². The highest BCUT2D eigenvalue weighted by Gasteiger charge is 2.96. The van der Waals surface area contributed by atoms with Gasteiger partial charge in [-0.25, -0.2) is 8.42 Å². The highest BCUT2D eigenvalue weighted by molar-refractivity contribution is 7.90. The van der Waals surface area contributed by atoms with Gasteiger partial charge in [0, 0.05) is 20.2 Å². The fourth-order valence-electron chi connectivity index (χ4n) is 2.11. The molecule has 0 saturated carbocycles. The molecule has 0 bridgehead atoms. The van der Waals surface area contributed by atoms with E-state index < -0.39 is 81.0 Å². The summed E-state index contributed by atoms with van der Waals surface area (Å²) in [4.78, 5) is 0. The van der Waals surface area contributed by atoms with Crippen molar-refractivity contribution in [1.29, 1.82) is 0 Å². The van der Waals surface area contributed by atoms with E-state index in [-0.39, 0.29) is 0 Å². The molecule has 35 heavy (non-hydrogen) atoms. The summed E-state index contributed by atoms with van der Waals surface area (Å²) in [5, 5.41) is -7.55. The Hall–Kier alpha value is -1.32. The van der Waals surface area contributed by atoms with E-state index in [1.54, 1.807) is 0 Å². The number of methoxy groups -OCH3 is 1. The number of sulfonamides is 1. The highest BCUT2D eigenvalue weighted by atomic mass is 32.2. The standard InChI is InChI=1S/C13H12F17NO3S/c1-3-31(4-5-34-2)35(32,33)13(29,30)11(24,25)9(20,21)7(16,17)6(14,15)8(18,19)10(22,23)12(26,27)28/h3-5H2,1-2H3. The quantitative estimate of drug-likeness (QED) is 0.294. The summed E-state index contributed by atoms with van der Waals surface area (Å²) in [6.07, 6.45) is -7.87. The van der Waals surface area contributed by atoms with E-state index in [4.69, 9.17) is 0 Å². The third-order valence-electron chi connectivity index (χ3n) is 4.25. The Morgan fingerprint density at radius 2 is 0.914 bits per heavy atom. The minimum atomic E-state index is -8.84. The van der Waals surface area contributed by atoms with Gasteiger partial charge in [-0.05, 0) is 0 Å². The number of rotatable bonds is 12. The van der Waals surface area contributed by atoms with Crippen molar-refractivity contribution in [1.82, 2.24) is 4.31 Å². The van der Waals surface area contributed by atoms with E-state index in [0.717, 1.165) is 7.11 Å². The smallest absolute Gasteiger partial charge is 0.383 e. The maximum absolute atomic E-state index is 14.0. The van der Waals surface area contributed by atoms with Crippen LogP contribution < -0.4 is 0 Å². The van der Waals surface area contributed by atoms with Crippen LogP contribution in [-0.2, 0) is 14.8 Å². The molecule has 0 fully saturated rings. The van der Waals surface area contributed by atoms with E-state index in [2.05, 4.69) is 4.74 Å². The number of halogens is 17. The molecule has 22 heteroatoms. The summed E-state index contributed by atoms with van der Waals surface area (Å²) in [7, 11) is -6.50. The van der Waals surface area contributed by atoms with Crippen LogP contribution in [0.1, 0.15) is 6.92 Å². The van der Waals surface area contributed by atoms with Gasteiger partial charge in [-0.3, -0.25) is 0 Å². The second-order valence-electron chi connectivity index (χ2n) is 6.45. The van der Waals surface area contributed by atoms with Gasteiger partial charge in [0.25, 0.3) is 10.0 Å². The maximum atomic E-state index is 14.0. The van der Waals surface area contributed by atoms with Gasteiger partial charge in [0.05, 0.1) is 6.61 Å². The van der Waals surface area contributed by atoms with Crippen LogP contribution in [0, 0.1) is 0 Å². The Morgan fingerprint density at radius 1 is 0.600 bits per heavy atom. The molecule has 4 nitrogen and oxygen atoms in total. The van der Waals surface area contributed by atoms with Gasteiger partial charge in [0.15, 0.2) is 0 Å². The van der Waals surface area contributed by atoms with Gasteiger partial charge in [-0.2, -0.15) is 78.9 Å². The first kappa shape index (κ1) is 33.7. The van der Waals surface area contributed by atoms with Crippen molar-refractivity contribution < 1.29 is 87.8 Å². The molecule has 0 aliphatic rings. The van der Waals surface area contributed by atoms with Gasteiger partial charge >= 0.3 is 47.0 Å². The lowest BCUT2D eigenvalue weighted by Crippen LogP contribution is -2.75. The third kappa shape index (κ3) is 4.50. The lowest BCUT2D eigenvalue weighted by molar-refractivity contribution is -0.458. The third-order valence-corrected chi connectivity index (χ3v) is 6.28. The lowest BCUT2D eigenvalue weighted by Gasteiger charge is -2.43. The normalized spacial score (nSPS) is 16.2. The number of hydrogen-bond acceptors (Lipinski definition) is 3. The van der Waals surface area contributed by atoms with E-state index in [9.17, 15) is 83.1 Å². The number of hydrogen-bond donors (Lipinski definition) is 0. The van der Waals surface area contributed by atoms with Gasteiger partial charge in [-0.1, -0.05) is 6.92 Å². The first-order valence-electron chi connectivity index (χ1n) is 8.22. The van der Waals surface area contributed by atoms with E-state index in [0.29, 0.717) is 6.92 Å². The van der Waals surface area contributed by atoms with Crippen LogP contribution in [0.3, 0.4) is 0 Å². The predicted octanol–water partition coefficient (Wildman–Crippen LogP) is 5.25.